The number of aliphatic hydroxyl groups excluding tert-OH is 1. The summed E-state index contributed by atoms with van der Waals surface area (Å²) in [5.74, 6) is -1.19. The Hall–Kier alpha value is -3.69. The Balaban J connectivity index is 1.54. The number of aromatic nitrogens is 3. The van der Waals surface area contributed by atoms with Crippen LogP contribution < -0.4 is 15.8 Å². The largest absolute Gasteiger partial charge is 0.496 e. The molecule has 170 valence electrons. The molecular weight excluding hydrogens is 449 g/mol. The van der Waals surface area contributed by atoms with Crippen molar-refractivity contribution >= 4 is 29.1 Å². The lowest BCUT2D eigenvalue weighted by Crippen LogP contribution is -2.27. The highest BCUT2D eigenvalue weighted by atomic mass is 35.5. The summed E-state index contributed by atoms with van der Waals surface area (Å²) >= 11 is 5.86. The monoisotopic (exact) mass is 469 g/mol. The van der Waals surface area contributed by atoms with Crippen molar-refractivity contribution in [3.63, 3.8) is 0 Å². The molecule has 4 rings (SSSR count). The molecule has 8 nitrogen and oxygen atoms in total. The molecule has 1 amide bonds. The first kappa shape index (κ1) is 22.5. The zero-order valence-electron chi connectivity index (χ0n) is 17.6. The Bertz CT molecular complexity index is 1310. The molecule has 33 heavy (non-hydrogen) atoms. The number of ether oxygens (including phenoxy) is 1. The highest BCUT2D eigenvalue weighted by Crippen LogP contribution is 2.31. The van der Waals surface area contributed by atoms with E-state index in [0.717, 1.165) is 0 Å². The van der Waals surface area contributed by atoms with Crippen molar-refractivity contribution in [2.45, 2.75) is 12.5 Å². The average molecular weight is 470 g/mol. The number of carbonyl (C=O) groups is 1. The second-order valence-electron chi connectivity index (χ2n) is 7.30. The smallest absolute Gasteiger partial charge is 0.258 e. The average Bonchev–Trinajstić information content (AvgIpc) is 3.18. The predicted molar refractivity (Wildman–Crippen MR) is 123 cm³/mol. The van der Waals surface area contributed by atoms with Gasteiger partial charge in [0, 0.05) is 23.3 Å². The molecule has 2 aromatic heterocycles. The number of pyridine rings is 1. The van der Waals surface area contributed by atoms with Crippen LogP contribution in [0.5, 0.6) is 5.75 Å². The first-order valence-electron chi connectivity index (χ1n) is 10.1. The molecule has 0 aliphatic heterocycles. The summed E-state index contributed by atoms with van der Waals surface area (Å²) < 4.78 is 22.2. The second-order valence-corrected chi connectivity index (χ2v) is 7.74. The van der Waals surface area contributed by atoms with E-state index in [2.05, 4.69) is 15.4 Å². The van der Waals surface area contributed by atoms with Crippen molar-refractivity contribution in [3.8, 4) is 16.9 Å². The quantitative estimate of drug-likeness (QED) is 0.380. The highest BCUT2D eigenvalue weighted by molar-refractivity contribution is 6.30. The van der Waals surface area contributed by atoms with E-state index in [0.29, 0.717) is 21.8 Å². The Morgan fingerprint density at radius 3 is 2.76 bits per heavy atom. The molecule has 0 unspecified atom stereocenters. The van der Waals surface area contributed by atoms with E-state index in [9.17, 15) is 9.90 Å². The molecule has 1 atom stereocenters. The Morgan fingerprint density at radius 1 is 1.27 bits per heavy atom. The standard InChI is InChI=1S/C23H21ClFN5O3/c1-33-18-7-6-16(14-9-11-30-19(12-14)28-23(26)29-30)21(25)20(18)22(32)27-10-8-17(31)13-2-4-15(24)5-3-13/h2-7,9,11-12,17,31H,8,10H2,1H3,(H2,26,29)(H,27,32)/t17-/m0/s1. The van der Waals surface area contributed by atoms with Crippen LogP contribution in [-0.2, 0) is 0 Å². The number of hydrogen-bond donors (Lipinski definition) is 3. The predicted octanol–water partition coefficient (Wildman–Crippen LogP) is 3.63. The maximum Gasteiger partial charge on any atom is 0.258 e. The van der Waals surface area contributed by atoms with E-state index < -0.39 is 17.8 Å². The van der Waals surface area contributed by atoms with Crippen molar-refractivity contribution in [3.05, 3.63) is 76.7 Å². The number of rotatable bonds is 7. The fourth-order valence-electron chi connectivity index (χ4n) is 3.49. The molecular formula is C23H21ClFN5O3. The minimum atomic E-state index is -0.803. The summed E-state index contributed by atoms with van der Waals surface area (Å²) in [6.07, 6.45) is 1.04. The lowest BCUT2D eigenvalue weighted by Gasteiger charge is -2.15. The van der Waals surface area contributed by atoms with Gasteiger partial charge in [0.05, 0.1) is 13.2 Å². The van der Waals surface area contributed by atoms with Crippen LogP contribution in [0.3, 0.4) is 0 Å². The normalized spacial score (nSPS) is 12.0. The Morgan fingerprint density at radius 2 is 2.03 bits per heavy atom. The van der Waals surface area contributed by atoms with Gasteiger partial charge in [-0.2, -0.15) is 4.98 Å². The van der Waals surface area contributed by atoms with Crippen LogP contribution in [0.1, 0.15) is 28.4 Å². The Labute approximate surface area is 193 Å². The zero-order valence-corrected chi connectivity index (χ0v) is 18.4. The zero-order chi connectivity index (χ0) is 23.5. The molecule has 10 heteroatoms. The number of nitrogens with one attached hydrogen (secondary N) is 1. The maximum absolute atomic E-state index is 15.5. The molecule has 0 radical (unpaired) electrons. The molecule has 0 saturated heterocycles. The first-order valence-corrected chi connectivity index (χ1v) is 10.5. The number of nitrogen functional groups attached to an aromatic ring is 1. The van der Waals surface area contributed by atoms with Gasteiger partial charge >= 0.3 is 0 Å². The van der Waals surface area contributed by atoms with Crippen LogP contribution in [0.2, 0.25) is 5.02 Å². The minimum absolute atomic E-state index is 0.0970. The van der Waals surface area contributed by atoms with Crippen molar-refractivity contribution < 1.29 is 19.0 Å². The van der Waals surface area contributed by atoms with E-state index in [1.807, 2.05) is 0 Å². The number of nitrogens with zero attached hydrogens (tertiary/aromatic N) is 3. The van der Waals surface area contributed by atoms with Crippen LogP contribution in [0.15, 0.2) is 54.7 Å². The summed E-state index contributed by atoms with van der Waals surface area (Å²) in [6.45, 7) is 0.125. The van der Waals surface area contributed by atoms with E-state index in [1.165, 1.54) is 23.8 Å². The van der Waals surface area contributed by atoms with E-state index >= 15 is 4.39 Å². The van der Waals surface area contributed by atoms with Gasteiger partial charge in [0.1, 0.15) is 17.1 Å². The number of anilines is 1. The number of carbonyl (C=O) groups excluding carboxylic acids is 1. The van der Waals surface area contributed by atoms with Gasteiger partial charge in [-0.25, -0.2) is 8.91 Å². The van der Waals surface area contributed by atoms with Gasteiger partial charge < -0.3 is 20.9 Å². The molecule has 4 N–H and O–H groups in total. The molecule has 0 spiro atoms. The van der Waals surface area contributed by atoms with Crippen LogP contribution >= 0.6 is 11.6 Å². The third kappa shape index (κ3) is 4.74. The summed E-state index contributed by atoms with van der Waals surface area (Å²) in [5.41, 5.74) is 7.21. The third-order valence-corrected chi connectivity index (χ3v) is 5.43. The van der Waals surface area contributed by atoms with E-state index in [1.54, 1.807) is 42.6 Å². The second kappa shape index (κ2) is 9.43. The maximum atomic E-state index is 15.5. The SMILES string of the molecule is COc1ccc(-c2ccn3nc(N)nc3c2)c(F)c1C(=O)NCC[C@H](O)c1ccc(Cl)cc1. The molecule has 0 fully saturated rings. The summed E-state index contributed by atoms with van der Waals surface area (Å²) in [5, 5.41) is 17.5. The van der Waals surface area contributed by atoms with Gasteiger partial charge in [-0.15, -0.1) is 5.10 Å². The van der Waals surface area contributed by atoms with Crippen LogP contribution in [0.4, 0.5) is 10.3 Å². The number of aliphatic hydroxyl groups is 1. The highest BCUT2D eigenvalue weighted by Gasteiger charge is 2.22. The number of fused-ring (bicyclic) bond motifs is 1. The summed E-state index contributed by atoms with van der Waals surface area (Å²) in [4.78, 5) is 16.9. The molecule has 0 aliphatic carbocycles. The molecule has 2 heterocycles. The summed E-state index contributed by atoms with van der Waals surface area (Å²) in [6, 6.07) is 13.1. The fourth-order valence-corrected chi connectivity index (χ4v) is 3.62. The first-order chi connectivity index (χ1) is 15.9. The van der Waals surface area contributed by atoms with Crippen LogP contribution in [-0.4, -0.2) is 39.3 Å². The van der Waals surface area contributed by atoms with Crippen LogP contribution in [0, 0.1) is 5.82 Å². The molecule has 4 aromatic rings. The van der Waals surface area contributed by atoms with E-state index in [-0.39, 0.29) is 35.8 Å². The van der Waals surface area contributed by atoms with E-state index in [4.69, 9.17) is 22.1 Å². The fraction of sp³-hybridized carbons (Fsp3) is 0.174. The molecule has 0 aliphatic rings. The Kier molecular flexibility index (Phi) is 6.43. The van der Waals surface area contributed by atoms with Crippen molar-refractivity contribution in [1.82, 2.24) is 19.9 Å². The van der Waals surface area contributed by atoms with Gasteiger partial charge in [-0.1, -0.05) is 23.7 Å². The lowest BCUT2D eigenvalue weighted by molar-refractivity contribution is 0.0935. The van der Waals surface area contributed by atoms with Crippen molar-refractivity contribution in [2.24, 2.45) is 0 Å². The number of amides is 1. The minimum Gasteiger partial charge on any atom is -0.496 e. The van der Waals surface area contributed by atoms with Crippen LogP contribution in [0.25, 0.3) is 16.8 Å². The summed E-state index contributed by atoms with van der Waals surface area (Å²) in [7, 11) is 1.36. The third-order valence-electron chi connectivity index (χ3n) is 5.17. The number of nitrogens with two attached hydrogens (primary N) is 1. The number of benzene rings is 2. The van der Waals surface area contributed by atoms with Gasteiger partial charge in [-0.3, -0.25) is 4.79 Å². The molecule has 0 bridgehead atoms. The molecule has 2 aromatic carbocycles. The van der Waals surface area contributed by atoms with Gasteiger partial charge in [-0.05, 0) is 53.9 Å². The van der Waals surface area contributed by atoms with Gasteiger partial charge in [0.2, 0.25) is 5.95 Å². The number of halogens is 2. The number of methoxy groups -OCH3 is 1. The topological polar surface area (TPSA) is 115 Å². The van der Waals surface area contributed by atoms with Crippen molar-refractivity contribution in [2.75, 3.05) is 19.4 Å². The number of hydrogen-bond acceptors (Lipinski definition) is 6. The van der Waals surface area contributed by atoms with Gasteiger partial charge in [0.15, 0.2) is 5.65 Å². The molecule has 0 saturated carbocycles. The van der Waals surface area contributed by atoms with Gasteiger partial charge in [0.25, 0.3) is 5.91 Å². The lowest BCUT2D eigenvalue weighted by atomic mass is 10.0. The van der Waals surface area contributed by atoms with Crippen molar-refractivity contribution in [1.29, 1.82) is 0 Å².